The topological polar surface area (TPSA) is 21.3 Å². The van der Waals surface area contributed by atoms with Crippen LogP contribution in [0.5, 0.6) is 0 Å². The average Bonchev–Trinajstić information content (AvgIpc) is 2.61. The van der Waals surface area contributed by atoms with Crippen molar-refractivity contribution in [2.24, 2.45) is 17.8 Å². The SMILES string of the molecule is CC1(C)NO[C@H]2[C@@H]3CC[C@@H](C3)[C@H]21. The molecule has 3 rings (SSSR count). The fraction of sp³-hybridized carbons (Fsp3) is 1.00. The Bertz CT molecular complexity index is 214. The van der Waals surface area contributed by atoms with Gasteiger partial charge in [-0.1, -0.05) is 0 Å². The fourth-order valence-electron chi connectivity index (χ4n) is 3.70. The van der Waals surface area contributed by atoms with Crippen molar-refractivity contribution in [3.05, 3.63) is 0 Å². The molecule has 0 amide bonds. The van der Waals surface area contributed by atoms with E-state index in [2.05, 4.69) is 19.3 Å². The zero-order valence-electron chi connectivity index (χ0n) is 7.84. The molecule has 12 heavy (non-hydrogen) atoms. The number of rotatable bonds is 0. The molecule has 1 saturated heterocycles. The Kier molecular flexibility index (Phi) is 1.25. The minimum absolute atomic E-state index is 0.227. The lowest BCUT2D eigenvalue weighted by molar-refractivity contribution is -0.0117. The van der Waals surface area contributed by atoms with Gasteiger partial charge in [0.15, 0.2) is 0 Å². The van der Waals surface area contributed by atoms with E-state index in [1.165, 1.54) is 19.3 Å². The predicted octanol–water partition coefficient (Wildman–Crippen LogP) is 1.71. The summed E-state index contributed by atoms with van der Waals surface area (Å²) in [6.45, 7) is 4.55. The normalized spacial score (nSPS) is 54.5. The monoisotopic (exact) mass is 167 g/mol. The van der Waals surface area contributed by atoms with Gasteiger partial charge in [-0.15, -0.1) is 0 Å². The van der Waals surface area contributed by atoms with Crippen molar-refractivity contribution in [3.8, 4) is 0 Å². The second kappa shape index (κ2) is 2.05. The van der Waals surface area contributed by atoms with Gasteiger partial charge in [0.25, 0.3) is 0 Å². The number of hydrogen-bond donors (Lipinski definition) is 1. The molecule has 0 radical (unpaired) electrons. The molecule has 2 bridgehead atoms. The summed E-state index contributed by atoms with van der Waals surface area (Å²) in [5.74, 6) is 2.61. The molecule has 0 aromatic heterocycles. The Hall–Kier alpha value is -0.0800. The number of fused-ring (bicyclic) bond motifs is 5. The van der Waals surface area contributed by atoms with Gasteiger partial charge < -0.3 is 0 Å². The Morgan fingerprint density at radius 1 is 1.25 bits per heavy atom. The van der Waals surface area contributed by atoms with E-state index >= 15 is 0 Å². The highest BCUT2D eigenvalue weighted by molar-refractivity contribution is 5.07. The summed E-state index contributed by atoms with van der Waals surface area (Å²) in [5, 5.41) is 0. The van der Waals surface area contributed by atoms with Crippen molar-refractivity contribution in [1.29, 1.82) is 0 Å². The van der Waals surface area contributed by atoms with Gasteiger partial charge in [0, 0.05) is 11.5 Å². The summed E-state index contributed by atoms with van der Waals surface area (Å²) >= 11 is 0. The van der Waals surface area contributed by atoms with E-state index in [0.29, 0.717) is 6.10 Å². The van der Waals surface area contributed by atoms with Gasteiger partial charge >= 0.3 is 0 Å². The maximum Gasteiger partial charge on any atom is 0.0867 e. The minimum Gasteiger partial charge on any atom is -0.297 e. The van der Waals surface area contributed by atoms with Crippen LogP contribution in [0.1, 0.15) is 33.1 Å². The molecule has 3 aliphatic rings. The predicted molar refractivity (Wildman–Crippen MR) is 46.4 cm³/mol. The van der Waals surface area contributed by atoms with Crippen LogP contribution in [-0.2, 0) is 4.84 Å². The van der Waals surface area contributed by atoms with Gasteiger partial charge in [-0.2, -0.15) is 5.48 Å². The van der Waals surface area contributed by atoms with E-state index in [9.17, 15) is 0 Å². The minimum atomic E-state index is 0.227. The third-order valence-electron chi connectivity index (χ3n) is 4.13. The van der Waals surface area contributed by atoms with Gasteiger partial charge in [-0.3, -0.25) is 4.84 Å². The van der Waals surface area contributed by atoms with Crippen LogP contribution in [0, 0.1) is 17.8 Å². The van der Waals surface area contributed by atoms with Gasteiger partial charge in [0.2, 0.25) is 0 Å². The Balaban J connectivity index is 1.95. The van der Waals surface area contributed by atoms with Gasteiger partial charge in [-0.05, 0) is 44.9 Å². The molecule has 4 atom stereocenters. The summed E-state index contributed by atoms with van der Waals surface area (Å²) in [5.41, 5.74) is 3.43. The molecule has 1 heterocycles. The van der Waals surface area contributed by atoms with Crippen LogP contribution in [0.2, 0.25) is 0 Å². The summed E-state index contributed by atoms with van der Waals surface area (Å²) < 4.78 is 0. The van der Waals surface area contributed by atoms with Gasteiger partial charge in [-0.25, -0.2) is 0 Å². The second-order valence-electron chi connectivity index (χ2n) is 5.27. The van der Waals surface area contributed by atoms with E-state index in [4.69, 9.17) is 4.84 Å². The van der Waals surface area contributed by atoms with Gasteiger partial charge in [0.1, 0.15) is 0 Å². The fourth-order valence-corrected chi connectivity index (χ4v) is 3.70. The van der Waals surface area contributed by atoms with Crippen molar-refractivity contribution in [1.82, 2.24) is 5.48 Å². The van der Waals surface area contributed by atoms with Crippen molar-refractivity contribution < 1.29 is 4.84 Å². The van der Waals surface area contributed by atoms with E-state index in [0.717, 1.165) is 17.8 Å². The van der Waals surface area contributed by atoms with E-state index in [1.807, 2.05) is 0 Å². The standard InChI is InChI=1S/C10H17NO/c1-10(2)8-6-3-4-7(5-6)9(8)12-11-10/h6-9,11H,3-5H2,1-2H3/t6-,7+,8+,9-/m0/s1. The molecular weight excluding hydrogens is 150 g/mol. The highest BCUT2D eigenvalue weighted by atomic mass is 16.7. The third kappa shape index (κ3) is 0.728. The summed E-state index contributed by atoms with van der Waals surface area (Å²) in [6.07, 6.45) is 4.82. The Morgan fingerprint density at radius 3 is 2.75 bits per heavy atom. The van der Waals surface area contributed by atoms with Crippen molar-refractivity contribution in [3.63, 3.8) is 0 Å². The lowest BCUT2D eigenvalue weighted by atomic mass is 9.76. The van der Waals surface area contributed by atoms with Crippen LogP contribution in [0.4, 0.5) is 0 Å². The molecule has 68 valence electrons. The second-order valence-corrected chi connectivity index (χ2v) is 5.27. The van der Waals surface area contributed by atoms with Crippen LogP contribution in [0.15, 0.2) is 0 Å². The maximum absolute atomic E-state index is 5.68. The molecule has 2 aliphatic carbocycles. The first-order valence-corrected chi connectivity index (χ1v) is 5.11. The molecule has 0 spiro atoms. The molecule has 0 unspecified atom stereocenters. The highest BCUT2D eigenvalue weighted by Crippen LogP contribution is 2.55. The largest absolute Gasteiger partial charge is 0.297 e. The zero-order chi connectivity index (χ0) is 8.34. The molecule has 0 aromatic rings. The van der Waals surface area contributed by atoms with Crippen LogP contribution in [0.25, 0.3) is 0 Å². The van der Waals surface area contributed by atoms with E-state index < -0.39 is 0 Å². The third-order valence-corrected chi connectivity index (χ3v) is 4.13. The number of hydroxylamine groups is 1. The molecule has 2 heteroatoms. The number of nitrogens with one attached hydrogen (secondary N) is 1. The molecule has 0 aromatic carbocycles. The lowest BCUT2D eigenvalue weighted by Gasteiger charge is -2.30. The van der Waals surface area contributed by atoms with Crippen molar-refractivity contribution >= 4 is 0 Å². The number of hydrogen-bond acceptors (Lipinski definition) is 2. The highest BCUT2D eigenvalue weighted by Gasteiger charge is 2.58. The summed E-state index contributed by atoms with van der Waals surface area (Å²) in [7, 11) is 0. The molecular formula is C10H17NO. The first-order chi connectivity index (χ1) is 5.68. The lowest BCUT2D eigenvalue weighted by Crippen LogP contribution is -2.41. The maximum atomic E-state index is 5.68. The first kappa shape index (κ1) is 7.34. The first-order valence-electron chi connectivity index (χ1n) is 5.11. The van der Waals surface area contributed by atoms with Crippen LogP contribution in [-0.4, -0.2) is 11.6 Å². The smallest absolute Gasteiger partial charge is 0.0867 e. The molecule has 2 saturated carbocycles. The molecule has 2 nitrogen and oxygen atoms in total. The Morgan fingerprint density at radius 2 is 2.00 bits per heavy atom. The van der Waals surface area contributed by atoms with Crippen molar-refractivity contribution in [2.75, 3.05) is 0 Å². The quantitative estimate of drug-likeness (QED) is 0.593. The van der Waals surface area contributed by atoms with Crippen LogP contribution in [0.3, 0.4) is 0 Å². The zero-order valence-corrected chi connectivity index (χ0v) is 7.84. The van der Waals surface area contributed by atoms with E-state index in [-0.39, 0.29) is 5.54 Å². The van der Waals surface area contributed by atoms with Crippen LogP contribution >= 0.6 is 0 Å². The molecule has 1 aliphatic heterocycles. The molecule has 1 N–H and O–H groups in total. The van der Waals surface area contributed by atoms with Gasteiger partial charge in [0.05, 0.1) is 6.10 Å². The summed E-state index contributed by atoms with van der Waals surface area (Å²) in [6, 6.07) is 0. The van der Waals surface area contributed by atoms with E-state index in [1.54, 1.807) is 0 Å². The average molecular weight is 167 g/mol. The Labute approximate surface area is 73.6 Å². The van der Waals surface area contributed by atoms with Crippen LogP contribution < -0.4 is 5.48 Å². The summed E-state index contributed by atoms with van der Waals surface area (Å²) in [4.78, 5) is 5.68. The van der Waals surface area contributed by atoms with Crippen molar-refractivity contribution in [2.45, 2.75) is 44.8 Å². The molecule has 3 fully saturated rings.